The summed E-state index contributed by atoms with van der Waals surface area (Å²) in [6, 6.07) is 16.7. The first-order valence-electron chi connectivity index (χ1n) is 9.98. The minimum Gasteiger partial charge on any atom is -0.349 e. The monoisotopic (exact) mass is 468 g/mol. The zero-order valence-electron chi connectivity index (χ0n) is 17.8. The molecule has 7 nitrogen and oxygen atoms in total. The Kier molecular flexibility index (Phi) is 8.41. The van der Waals surface area contributed by atoms with Gasteiger partial charge in [-0.15, -0.1) is 11.3 Å². The molecule has 0 saturated heterocycles. The van der Waals surface area contributed by atoms with Crippen molar-refractivity contribution in [1.29, 1.82) is 0 Å². The summed E-state index contributed by atoms with van der Waals surface area (Å²) < 4.78 is 0.728. The standard InChI is InChI=1S/C23H24N4O3S2/c1-15(17-7-4-3-5-8-17)24-21(29)12-20-13-31-23(27-20)32-14-22(30)26-19-10-6-9-18(11-19)25-16(2)28/h3-11,13,15H,12,14H2,1-2H3,(H,24,29)(H,25,28)(H,26,30)/t15-/m1/s1. The predicted molar refractivity (Wildman–Crippen MR) is 129 cm³/mol. The molecular weight excluding hydrogens is 444 g/mol. The number of rotatable bonds is 9. The number of carbonyl (C=O) groups excluding carboxylic acids is 3. The summed E-state index contributed by atoms with van der Waals surface area (Å²) in [5.74, 6) is -0.262. The Morgan fingerprint density at radius 1 is 1.00 bits per heavy atom. The highest BCUT2D eigenvalue weighted by Crippen LogP contribution is 2.24. The van der Waals surface area contributed by atoms with E-state index < -0.39 is 0 Å². The van der Waals surface area contributed by atoms with Gasteiger partial charge in [-0.25, -0.2) is 4.98 Å². The second-order valence-corrected chi connectivity index (χ2v) is 9.16. The van der Waals surface area contributed by atoms with Crippen molar-refractivity contribution in [1.82, 2.24) is 10.3 Å². The summed E-state index contributed by atoms with van der Waals surface area (Å²) in [5.41, 5.74) is 2.95. The molecule has 0 fully saturated rings. The van der Waals surface area contributed by atoms with Gasteiger partial charge in [0.25, 0.3) is 0 Å². The van der Waals surface area contributed by atoms with Crippen molar-refractivity contribution in [3.8, 4) is 0 Å². The van der Waals surface area contributed by atoms with E-state index in [9.17, 15) is 14.4 Å². The molecule has 0 unspecified atom stereocenters. The lowest BCUT2D eigenvalue weighted by Gasteiger charge is -2.13. The number of anilines is 2. The van der Waals surface area contributed by atoms with Crippen molar-refractivity contribution in [2.75, 3.05) is 16.4 Å². The summed E-state index contributed by atoms with van der Waals surface area (Å²) in [6.07, 6.45) is 0.191. The van der Waals surface area contributed by atoms with Crippen molar-refractivity contribution >= 4 is 52.2 Å². The van der Waals surface area contributed by atoms with Crippen molar-refractivity contribution in [3.05, 3.63) is 71.2 Å². The van der Waals surface area contributed by atoms with Crippen LogP contribution in [0.5, 0.6) is 0 Å². The highest BCUT2D eigenvalue weighted by Gasteiger charge is 2.13. The molecular formula is C23H24N4O3S2. The Bertz CT molecular complexity index is 1090. The third-order valence-electron chi connectivity index (χ3n) is 4.34. The minimum absolute atomic E-state index is 0.0796. The molecule has 1 heterocycles. The molecule has 0 aliphatic heterocycles. The molecule has 0 radical (unpaired) electrons. The third kappa shape index (κ3) is 7.51. The van der Waals surface area contributed by atoms with Crippen LogP contribution in [-0.2, 0) is 20.8 Å². The van der Waals surface area contributed by atoms with Crippen LogP contribution >= 0.6 is 23.1 Å². The summed E-state index contributed by atoms with van der Waals surface area (Å²) in [7, 11) is 0. The van der Waals surface area contributed by atoms with Gasteiger partial charge in [0, 0.05) is 23.7 Å². The SMILES string of the molecule is CC(=O)Nc1cccc(NC(=O)CSc2nc(CC(=O)N[C@H](C)c3ccccc3)cs2)c1. The van der Waals surface area contributed by atoms with E-state index in [0.717, 1.165) is 9.90 Å². The van der Waals surface area contributed by atoms with Crippen LogP contribution in [0.25, 0.3) is 0 Å². The van der Waals surface area contributed by atoms with Crippen LogP contribution in [0.3, 0.4) is 0 Å². The zero-order valence-corrected chi connectivity index (χ0v) is 19.4. The molecule has 0 aliphatic carbocycles. The van der Waals surface area contributed by atoms with Gasteiger partial charge >= 0.3 is 0 Å². The number of thioether (sulfide) groups is 1. The van der Waals surface area contributed by atoms with Gasteiger partial charge in [-0.1, -0.05) is 48.2 Å². The van der Waals surface area contributed by atoms with Crippen LogP contribution in [0.15, 0.2) is 64.3 Å². The van der Waals surface area contributed by atoms with Crippen LogP contribution in [0.4, 0.5) is 11.4 Å². The second-order valence-electron chi connectivity index (χ2n) is 7.08. The molecule has 0 spiro atoms. The highest BCUT2D eigenvalue weighted by molar-refractivity contribution is 8.01. The Labute approximate surface area is 195 Å². The topological polar surface area (TPSA) is 100 Å². The molecule has 0 aliphatic rings. The van der Waals surface area contributed by atoms with E-state index >= 15 is 0 Å². The average Bonchev–Trinajstić information content (AvgIpc) is 3.19. The molecule has 0 saturated carbocycles. The maximum absolute atomic E-state index is 12.3. The quantitative estimate of drug-likeness (QED) is 0.408. The van der Waals surface area contributed by atoms with Crippen molar-refractivity contribution in [3.63, 3.8) is 0 Å². The van der Waals surface area contributed by atoms with Gasteiger partial charge in [-0.2, -0.15) is 0 Å². The van der Waals surface area contributed by atoms with Crippen molar-refractivity contribution in [2.45, 2.75) is 30.6 Å². The lowest BCUT2D eigenvalue weighted by molar-refractivity contribution is -0.121. The smallest absolute Gasteiger partial charge is 0.234 e. The highest BCUT2D eigenvalue weighted by atomic mass is 32.2. The largest absolute Gasteiger partial charge is 0.349 e. The molecule has 32 heavy (non-hydrogen) atoms. The summed E-state index contributed by atoms with van der Waals surface area (Å²) in [5, 5.41) is 10.3. The number of benzene rings is 2. The number of carbonyl (C=O) groups is 3. The molecule has 166 valence electrons. The number of thiazole rings is 1. The van der Waals surface area contributed by atoms with Crippen molar-refractivity contribution < 1.29 is 14.4 Å². The van der Waals surface area contributed by atoms with E-state index in [-0.39, 0.29) is 35.9 Å². The first-order chi connectivity index (χ1) is 15.4. The van der Waals surface area contributed by atoms with Crippen LogP contribution in [0.2, 0.25) is 0 Å². The van der Waals surface area contributed by atoms with Gasteiger partial charge in [-0.05, 0) is 30.7 Å². The summed E-state index contributed by atoms with van der Waals surface area (Å²) in [4.78, 5) is 40.2. The van der Waals surface area contributed by atoms with Crippen LogP contribution in [-0.4, -0.2) is 28.5 Å². The van der Waals surface area contributed by atoms with E-state index in [1.807, 2.05) is 42.6 Å². The number of hydrogen-bond acceptors (Lipinski definition) is 6. The van der Waals surface area contributed by atoms with Crippen molar-refractivity contribution in [2.24, 2.45) is 0 Å². The molecule has 3 aromatic rings. The van der Waals surface area contributed by atoms with Gasteiger partial charge in [0.15, 0.2) is 4.34 Å². The predicted octanol–water partition coefficient (Wildman–Crippen LogP) is 4.25. The number of nitrogens with zero attached hydrogens (tertiary/aromatic N) is 1. The minimum atomic E-state index is -0.179. The van der Waals surface area contributed by atoms with E-state index in [1.165, 1.54) is 30.0 Å². The molecule has 3 N–H and O–H groups in total. The number of aromatic nitrogens is 1. The molecule has 2 aromatic carbocycles. The van der Waals surface area contributed by atoms with E-state index in [2.05, 4.69) is 20.9 Å². The van der Waals surface area contributed by atoms with Crippen LogP contribution in [0.1, 0.15) is 31.1 Å². The molecule has 0 bridgehead atoms. The first-order valence-corrected chi connectivity index (χ1v) is 11.8. The van der Waals surface area contributed by atoms with E-state index in [1.54, 1.807) is 24.3 Å². The van der Waals surface area contributed by atoms with Gasteiger partial charge in [-0.3, -0.25) is 14.4 Å². The van der Waals surface area contributed by atoms with E-state index in [0.29, 0.717) is 17.1 Å². The third-order valence-corrected chi connectivity index (χ3v) is 6.41. The Balaban J connectivity index is 1.45. The van der Waals surface area contributed by atoms with Crippen LogP contribution < -0.4 is 16.0 Å². The fourth-order valence-corrected chi connectivity index (χ4v) is 4.56. The molecule has 3 rings (SSSR count). The Hall–Kier alpha value is -3.17. The molecule has 1 atom stereocenters. The lowest BCUT2D eigenvalue weighted by atomic mass is 10.1. The Morgan fingerprint density at radius 2 is 1.72 bits per heavy atom. The molecule has 3 amide bonds. The average molecular weight is 469 g/mol. The fourth-order valence-electron chi connectivity index (χ4n) is 2.92. The number of amides is 3. The Morgan fingerprint density at radius 3 is 2.44 bits per heavy atom. The summed E-state index contributed by atoms with van der Waals surface area (Å²) >= 11 is 2.72. The van der Waals surface area contributed by atoms with Gasteiger partial charge in [0.2, 0.25) is 17.7 Å². The van der Waals surface area contributed by atoms with Gasteiger partial charge in [0.05, 0.1) is 23.9 Å². The second kappa shape index (κ2) is 11.4. The molecule has 1 aromatic heterocycles. The normalized spacial score (nSPS) is 11.4. The van der Waals surface area contributed by atoms with Crippen LogP contribution in [0, 0.1) is 0 Å². The maximum atomic E-state index is 12.3. The number of nitrogens with one attached hydrogen (secondary N) is 3. The fraction of sp³-hybridized carbons (Fsp3) is 0.217. The zero-order chi connectivity index (χ0) is 22.9. The van der Waals surface area contributed by atoms with Gasteiger partial charge < -0.3 is 16.0 Å². The molecule has 9 heteroatoms. The van der Waals surface area contributed by atoms with Gasteiger partial charge in [0.1, 0.15) is 0 Å². The van der Waals surface area contributed by atoms with E-state index in [4.69, 9.17) is 0 Å². The first kappa shape index (κ1) is 23.5. The lowest BCUT2D eigenvalue weighted by Crippen LogP contribution is -2.28. The number of hydrogen-bond donors (Lipinski definition) is 3. The summed E-state index contributed by atoms with van der Waals surface area (Å²) in [6.45, 7) is 3.37. The maximum Gasteiger partial charge on any atom is 0.234 e.